The number of nitrogens with zero attached hydrogens (tertiary/aromatic N) is 2. The molecule has 3 aromatic rings. The first kappa shape index (κ1) is 42.2. The van der Waals surface area contributed by atoms with Gasteiger partial charge in [0.05, 0.1) is 12.6 Å². The van der Waals surface area contributed by atoms with Gasteiger partial charge in [0.25, 0.3) is 5.91 Å². The number of nitrogens with one attached hydrogen (secondary N) is 2. The number of carbonyl (C=O) groups excluding carboxylic acids is 1. The van der Waals surface area contributed by atoms with Gasteiger partial charge in [0.1, 0.15) is 18.2 Å². The number of piperidine rings is 1. The molecule has 1 saturated carbocycles. The second-order valence-electron chi connectivity index (χ2n) is 17.5. The third-order valence-corrected chi connectivity index (χ3v) is 13.4. The molecule has 2 aliphatic carbocycles. The second kappa shape index (κ2) is 18.5. The SMILES string of the molecule is C=C1CCC(N2C(=C)c3c(CCCCCCOCCOc4cc(NC(=C)C(C)C5CCC(C)(c6ccnc7c6C=C(F)CC7)CC5)ccc4C)cccc3C2=O)C(=C)N1. The summed E-state index contributed by atoms with van der Waals surface area (Å²) in [7, 11) is 0. The Labute approximate surface area is 351 Å². The van der Waals surface area contributed by atoms with Crippen molar-refractivity contribution >= 4 is 23.4 Å². The molecule has 7 rings (SSSR count). The van der Waals surface area contributed by atoms with E-state index in [4.69, 9.17) is 9.47 Å². The van der Waals surface area contributed by atoms with Crippen molar-refractivity contribution in [1.29, 1.82) is 0 Å². The number of halogens is 1. The summed E-state index contributed by atoms with van der Waals surface area (Å²) in [6.45, 7) is 25.4. The van der Waals surface area contributed by atoms with E-state index in [-0.39, 0.29) is 23.2 Å². The molecule has 0 spiro atoms. The summed E-state index contributed by atoms with van der Waals surface area (Å²) in [6, 6.07) is 14.3. The van der Waals surface area contributed by atoms with E-state index < -0.39 is 0 Å². The predicted octanol–water partition coefficient (Wildman–Crippen LogP) is 11.8. The van der Waals surface area contributed by atoms with Crippen molar-refractivity contribution < 1.29 is 18.7 Å². The molecule has 2 N–H and O–H groups in total. The molecule has 8 heteroatoms. The highest BCUT2D eigenvalue weighted by molar-refractivity contribution is 6.09. The Kier molecular flexibility index (Phi) is 13.3. The first-order chi connectivity index (χ1) is 28.4. The van der Waals surface area contributed by atoms with Crippen LogP contribution in [0.3, 0.4) is 0 Å². The van der Waals surface area contributed by atoms with Gasteiger partial charge >= 0.3 is 0 Å². The Bertz CT molecular complexity index is 2130. The molecule has 0 bridgehead atoms. The van der Waals surface area contributed by atoms with Crippen molar-refractivity contribution in [1.82, 2.24) is 15.2 Å². The van der Waals surface area contributed by atoms with Gasteiger partial charge < -0.3 is 20.1 Å². The van der Waals surface area contributed by atoms with Gasteiger partial charge in [-0.15, -0.1) is 0 Å². The van der Waals surface area contributed by atoms with E-state index in [1.165, 1.54) is 11.1 Å². The second-order valence-corrected chi connectivity index (χ2v) is 17.5. The molecule has 2 aromatic carbocycles. The van der Waals surface area contributed by atoms with E-state index in [1.54, 1.807) is 6.08 Å². The third-order valence-electron chi connectivity index (χ3n) is 13.4. The molecule has 312 valence electrons. The van der Waals surface area contributed by atoms with E-state index in [1.807, 2.05) is 23.2 Å². The van der Waals surface area contributed by atoms with Crippen LogP contribution >= 0.6 is 0 Å². The zero-order chi connectivity index (χ0) is 41.7. The van der Waals surface area contributed by atoms with Crippen molar-refractivity contribution in [3.8, 4) is 5.75 Å². The van der Waals surface area contributed by atoms with Gasteiger partial charge in [-0.05, 0) is 129 Å². The number of aryl methyl sites for hydroxylation is 3. The van der Waals surface area contributed by atoms with Crippen LogP contribution < -0.4 is 15.4 Å². The number of benzene rings is 2. The van der Waals surface area contributed by atoms with Gasteiger partial charge in [-0.25, -0.2) is 4.39 Å². The van der Waals surface area contributed by atoms with Crippen LogP contribution in [0.2, 0.25) is 0 Å². The summed E-state index contributed by atoms with van der Waals surface area (Å²) >= 11 is 0. The average Bonchev–Trinajstić information content (AvgIpc) is 3.48. The van der Waals surface area contributed by atoms with Crippen molar-refractivity contribution in [2.75, 3.05) is 25.1 Å². The van der Waals surface area contributed by atoms with Crippen molar-refractivity contribution in [2.45, 2.75) is 116 Å². The highest BCUT2D eigenvalue weighted by atomic mass is 19.1. The van der Waals surface area contributed by atoms with Gasteiger partial charge in [-0.2, -0.15) is 0 Å². The van der Waals surface area contributed by atoms with E-state index in [2.05, 4.69) is 93.0 Å². The number of aromatic nitrogens is 1. The van der Waals surface area contributed by atoms with E-state index in [0.29, 0.717) is 44.5 Å². The molecule has 59 heavy (non-hydrogen) atoms. The Morgan fingerprint density at radius 1 is 1.02 bits per heavy atom. The minimum absolute atomic E-state index is 0.0159. The van der Waals surface area contributed by atoms with Gasteiger partial charge in [0.2, 0.25) is 0 Å². The number of ether oxygens (including phenoxy) is 2. The minimum Gasteiger partial charge on any atom is -0.491 e. The lowest BCUT2D eigenvalue weighted by Gasteiger charge is -2.41. The molecule has 3 heterocycles. The van der Waals surface area contributed by atoms with Crippen LogP contribution in [0.15, 0.2) is 97.9 Å². The minimum atomic E-state index is -0.110. The largest absolute Gasteiger partial charge is 0.491 e. The molecule has 2 atom stereocenters. The van der Waals surface area contributed by atoms with Crippen LogP contribution in [0, 0.1) is 18.8 Å². The lowest BCUT2D eigenvalue weighted by atomic mass is 9.64. The van der Waals surface area contributed by atoms with Crippen LogP contribution in [-0.2, 0) is 23.0 Å². The lowest BCUT2D eigenvalue weighted by Crippen LogP contribution is -2.42. The maximum Gasteiger partial charge on any atom is 0.259 e. The summed E-state index contributed by atoms with van der Waals surface area (Å²) in [4.78, 5) is 19.8. The predicted molar refractivity (Wildman–Crippen MR) is 239 cm³/mol. The Balaban J connectivity index is 0.794. The first-order valence-corrected chi connectivity index (χ1v) is 21.8. The number of hydrogen-bond acceptors (Lipinski definition) is 6. The highest BCUT2D eigenvalue weighted by Gasteiger charge is 2.40. The average molecular weight is 799 g/mol. The van der Waals surface area contributed by atoms with Crippen LogP contribution in [0.1, 0.15) is 128 Å². The summed E-state index contributed by atoms with van der Waals surface area (Å²) in [5.74, 6) is 1.67. The molecule has 2 unspecified atom stereocenters. The molecule has 1 amide bonds. The normalized spacial score (nSPS) is 22.0. The molecule has 1 aromatic heterocycles. The van der Waals surface area contributed by atoms with E-state index >= 15 is 0 Å². The number of unbranched alkanes of at least 4 members (excludes halogenated alkanes) is 3. The summed E-state index contributed by atoms with van der Waals surface area (Å²) in [5, 5.41) is 6.84. The number of carbonyl (C=O) groups is 1. The van der Waals surface area contributed by atoms with Crippen LogP contribution in [-0.4, -0.2) is 41.7 Å². The quantitative estimate of drug-likeness (QED) is 0.133. The Morgan fingerprint density at radius 3 is 2.61 bits per heavy atom. The number of rotatable bonds is 17. The fraction of sp³-hybridized carbons (Fsp3) is 0.451. The van der Waals surface area contributed by atoms with Crippen LogP contribution in [0.4, 0.5) is 10.1 Å². The molecular formula is C51H63FN4O3. The summed E-state index contributed by atoms with van der Waals surface area (Å²) < 4.78 is 26.4. The number of anilines is 1. The number of fused-ring (bicyclic) bond motifs is 2. The monoisotopic (exact) mass is 798 g/mol. The Hall–Kier alpha value is -4.95. The van der Waals surface area contributed by atoms with Gasteiger partial charge in [-0.3, -0.25) is 14.7 Å². The third kappa shape index (κ3) is 9.44. The topological polar surface area (TPSA) is 75.7 Å². The van der Waals surface area contributed by atoms with Crippen molar-refractivity contribution in [2.24, 2.45) is 11.8 Å². The molecule has 2 aliphatic heterocycles. The fourth-order valence-electron chi connectivity index (χ4n) is 9.69. The van der Waals surface area contributed by atoms with Gasteiger partial charge in [-0.1, -0.05) is 71.2 Å². The number of allylic oxidation sites excluding steroid dienone is 3. The molecule has 0 radical (unpaired) electrons. The van der Waals surface area contributed by atoms with Crippen LogP contribution in [0.25, 0.3) is 11.8 Å². The maximum absolute atomic E-state index is 14.3. The lowest BCUT2D eigenvalue weighted by molar-refractivity contribution is 0.0809. The summed E-state index contributed by atoms with van der Waals surface area (Å²) in [5.41, 5.74) is 11.9. The van der Waals surface area contributed by atoms with Crippen molar-refractivity contribution in [3.63, 3.8) is 0 Å². The molecule has 7 nitrogen and oxygen atoms in total. The number of amides is 1. The maximum atomic E-state index is 14.3. The number of hydrogen-bond donors (Lipinski definition) is 2. The summed E-state index contributed by atoms with van der Waals surface area (Å²) in [6.07, 6.45) is 15.9. The van der Waals surface area contributed by atoms with Gasteiger partial charge in [0.15, 0.2) is 0 Å². The highest BCUT2D eigenvalue weighted by Crippen LogP contribution is 2.47. The van der Waals surface area contributed by atoms with E-state index in [9.17, 15) is 9.18 Å². The smallest absolute Gasteiger partial charge is 0.259 e. The zero-order valence-corrected chi connectivity index (χ0v) is 35.6. The molecule has 4 aliphatic rings. The standard InChI is InChI=1S/C51H63FN4O3/c1-33-16-19-42(55-36(4)35(3)39-22-25-51(7,26-23-39)45-24-27-53-46-20-18-41(52)31-44(45)46)32-48(33)59-30-29-58-28-11-9-8-10-13-40-14-12-15-43-49(40)38(6)56(50(43)57)47-21-17-34(2)54-37(47)5/h12,14-16,19,24,27,31-32,35,39,47,54-55H,2,4-6,8-11,13,17-18,20-23,25-26,28-30H2,1,3,7H3. The number of pyridine rings is 1. The molecule has 1 saturated heterocycles. The molecular weight excluding hydrogens is 736 g/mol. The van der Waals surface area contributed by atoms with Crippen molar-refractivity contribution in [3.05, 3.63) is 137 Å². The van der Waals surface area contributed by atoms with Gasteiger partial charge in [0, 0.05) is 76.2 Å². The fourth-order valence-corrected chi connectivity index (χ4v) is 9.69. The zero-order valence-electron chi connectivity index (χ0n) is 35.6. The van der Waals surface area contributed by atoms with E-state index in [0.717, 1.165) is 133 Å². The Morgan fingerprint density at radius 2 is 1.81 bits per heavy atom. The first-order valence-electron chi connectivity index (χ1n) is 21.8. The molecule has 2 fully saturated rings. The van der Waals surface area contributed by atoms with Crippen LogP contribution in [0.5, 0.6) is 5.75 Å².